The van der Waals surface area contributed by atoms with Crippen LogP contribution in [-0.4, -0.2) is 30.4 Å². The molecule has 3 heteroatoms. The summed E-state index contributed by atoms with van der Waals surface area (Å²) < 4.78 is 0. The van der Waals surface area contributed by atoms with Gasteiger partial charge in [0.2, 0.25) is 0 Å². The lowest BCUT2D eigenvalue weighted by molar-refractivity contribution is 0.0686. The van der Waals surface area contributed by atoms with Crippen LogP contribution in [0.2, 0.25) is 0 Å². The van der Waals surface area contributed by atoms with Gasteiger partial charge in [0.05, 0.1) is 0 Å². The fraction of sp³-hybridized carbons (Fsp3) is 0.588. The van der Waals surface area contributed by atoms with Crippen LogP contribution >= 0.6 is 0 Å². The Kier molecular flexibility index (Phi) is 5.60. The maximum atomic E-state index is 12.5. The molecule has 20 heavy (non-hydrogen) atoms. The van der Waals surface area contributed by atoms with E-state index in [1.54, 1.807) is 0 Å². The van der Waals surface area contributed by atoms with Gasteiger partial charge in [0.1, 0.15) is 0 Å². The number of nitrogens with zero attached hydrogens (tertiary/aromatic N) is 1. The molecule has 110 valence electrons. The Labute approximate surface area is 122 Å². The van der Waals surface area contributed by atoms with Crippen LogP contribution in [0.25, 0.3) is 0 Å². The SMILES string of the molecule is CCCC1CCN(C(=O)c2cccc(CCN)c2)CC1. The van der Waals surface area contributed by atoms with Crippen molar-refractivity contribution in [3.63, 3.8) is 0 Å². The third-order valence-electron chi connectivity index (χ3n) is 4.21. The fourth-order valence-corrected chi connectivity index (χ4v) is 3.04. The number of amides is 1. The molecule has 0 spiro atoms. The van der Waals surface area contributed by atoms with Crippen molar-refractivity contribution >= 4 is 5.91 Å². The molecule has 0 saturated carbocycles. The first kappa shape index (κ1) is 15.0. The molecule has 0 bridgehead atoms. The standard InChI is InChI=1S/C17H26N2O/c1-2-4-14-8-11-19(12-9-14)17(20)16-6-3-5-15(13-16)7-10-18/h3,5-6,13-14H,2,4,7-12,18H2,1H3. The van der Waals surface area contributed by atoms with Crippen LogP contribution in [0.15, 0.2) is 24.3 Å². The van der Waals surface area contributed by atoms with E-state index in [0.29, 0.717) is 6.54 Å². The third kappa shape index (κ3) is 3.83. The van der Waals surface area contributed by atoms with Crippen molar-refractivity contribution < 1.29 is 4.79 Å². The van der Waals surface area contributed by atoms with Gasteiger partial charge in [-0.15, -0.1) is 0 Å². The molecular weight excluding hydrogens is 248 g/mol. The van der Waals surface area contributed by atoms with Crippen LogP contribution in [0.4, 0.5) is 0 Å². The molecule has 1 aromatic rings. The van der Waals surface area contributed by atoms with Crippen molar-refractivity contribution in [2.45, 2.75) is 39.0 Å². The molecule has 1 aromatic carbocycles. The smallest absolute Gasteiger partial charge is 0.253 e. The number of benzene rings is 1. The number of carbonyl (C=O) groups excluding carboxylic acids is 1. The van der Waals surface area contributed by atoms with E-state index >= 15 is 0 Å². The first-order valence-electron chi connectivity index (χ1n) is 7.83. The topological polar surface area (TPSA) is 46.3 Å². The zero-order chi connectivity index (χ0) is 14.4. The Balaban J connectivity index is 1.96. The van der Waals surface area contributed by atoms with E-state index < -0.39 is 0 Å². The predicted octanol–water partition coefficient (Wildman–Crippen LogP) is 2.84. The molecule has 1 heterocycles. The number of rotatable bonds is 5. The van der Waals surface area contributed by atoms with Gasteiger partial charge in [-0.3, -0.25) is 4.79 Å². The summed E-state index contributed by atoms with van der Waals surface area (Å²) in [7, 11) is 0. The minimum absolute atomic E-state index is 0.179. The highest BCUT2D eigenvalue weighted by Gasteiger charge is 2.23. The molecule has 1 amide bonds. The monoisotopic (exact) mass is 274 g/mol. The molecule has 0 atom stereocenters. The Morgan fingerprint density at radius 3 is 2.75 bits per heavy atom. The molecule has 2 rings (SSSR count). The number of hydrogen-bond acceptors (Lipinski definition) is 2. The third-order valence-corrected chi connectivity index (χ3v) is 4.21. The van der Waals surface area contributed by atoms with Crippen molar-refractivity contribution in [3.05, 3.63) is 35.4 Å². The number of nitrogens with two attached hydrogens (primary N) is 1. The van der Waals surface area contributed by atoms with E-state index in [-0.39, 0.29) is 5.91 Å². The summed E-state index contributed by atoms with van der Waals surface area (Å²) in [6.45, 7) is 4.68. The molecule has 0 unspecified atom stereocenters. The number of hydrogen-bond donors (Lipinski definition) is 1. The normalized spacial score (nSPS) is 16.4. The van der Waals surface area contributed by atoms with Crippen LogP contribution in [0, 0.1) is 5.92 Å². The van der Waals surface area contributed by atoms with E-state index in [1.165, 1.54) is 12.8 Å². The molecule has 1 saturated heterocycles. The molecule has 0 aromatic heterocycles. The highest BCUT2D eigenvalue weighted by Crippen LogP contribution is 2.23. The largest absolute Gasteiger partial charge is 0.339 e. The summed E-state index contributed by atoms with van der Waals surface area (Å²) in [5.74, 6) is 0.992. The second kappa shape index (κ2) is 7.44. The van der Waals surface area contributed by atoms with Crippen molar-refractivity contribution in [1.82, 2.24) is 4.90 Å². The highest BCUT2D eigenvalue weighted by molar-refractivity contribution is 5.94. The summed E-state index contributed by atoms with van der Waals surface area (Å²) in [5.41, 5.74) is 7.54. The number of piperidine rings is 1. The van der Waals surface area contributed by atoms with E-state index in [0.717, 1.165) is 49.4 Å². The van der Waals surface area contributed by atoms with E-state index in [1.807, 2.05) is 29.2 Å². The van der Waals surface area contributed by atoms with E-state index in [2.05, 4.69) is 6.92 Å². The fourth-order valence-electron chi connectivity index (χ4n) is 3.04. The minimum atomic E-state index is 0.179. The van der Waals surface area contributed by atoms with Gasteiger partial charge in [-0.05, 0) is 49.4 Å². The van der Waals surface area contributed by atoms with Gasteiger partial charge in [-0.2, -0.15) is 0 Å². The minimum Gasteiger partial charge on any atom is -0.339 e. The second-order valence-electron chi connectivity index (χ2n) is 5.76. The predicted molar refractivity (Wildman–Crippen MR) is 82.7 cm³/mol. The number of likely N-dealkylation sites (tertiary alicyclic amines) is 1. The Bertz CT molecular complexity index is 436. The van der Waals surface area contributed by atoms with Crippen molar-refractivity contribution in [1.29, 1.82) is 0 Å². The quantitative estimate of drug-likeness (QED) is 0.897. The molecule has 1 fully saturated rings. The van der Waals surface area contributed by atoms with Gasteiger partial charge < -0.3 is 10.6 Å². The van der Waals surface area contributed by atoms with Crippen molar-refractivity contribution in [2.75, 3.05) is 19.6 Å². The lowest BCUT2D eigenvalue weighted by Gasteiger charge is -2.32. The van der Waals surface area contributed by atoms with Crippen LogP contribution in [0.5, 0.6) is 0 Å². The van der Waals surface area contributed by atoms with Gasteiger partial charge in [-0.25, -0.2) is 0 Å². The first-order chi connectivity index (χ1) is 9.74. The molecule has 1 aliphatic heterocycles. The van der Waals surface area contributed by atoms with Crippen LogP contribution in [-0.2, 0) is 6.42 Å². The van der Waals surface area contributed by atoms with E-state index in [4.69, 9.17) is 5.73 Å². The maximum Gasteiger partial charge on any atom is 0.253 e. The lowest BCUT2D eigenvalue weighted by Crippen LogP contribution is -2.38. The van der Waals surface area contributed by atoms with Crippen LogP contribution in [0.1, 0.15) is 48.5 Å². The average Bonchev–Trinajstić information content (AvgIpc) is 2.48. The van der Waals surface area contributed by atoms with Gasteiger partial charge in [0.15, 0.2) is 0 Å². The Morgan fingerprint density at radius 1 is 1.35 bits per heavy atom. The Morgan fingerprint density at radius 2 is 2.10 bits per heavy atom. The first-order valence-corrected chi connectivity index (χ1v) is 7.83. The van der Waals surface area contributed by atoms with Crippen LogP contribution in [0.3, 0.4) is 0 Å². The molecule has 0 radical (unpaired) electrons. The Hall–Kier alpha value is -1.35. The highest BCUT2D eigenvalue weighted by atomic mass is 16.2. The van der Waals surface area contributed by atoms with Gasteiger partial charge >= 0.3 is 0 Å². The molecular formula is C17H26N2O. The molecule has 2 N–H and O–H groups in total. The molecule has 0 aliphatic carbocycles. The van der Waals surface area contributed by atoms with Crippen molar-refractivity contribution in [2.24, 2.45) is 11.7 Å². The summed E-state index contributed by atoms with van der Waals surface area (Å²) >= 11 is 0. The van der Waals surface area contributed by atoms with Gasteiger partial charge in [-0.1, -0.05) is 31.9 Å². The summed E-state index contributed by atoms with van der Waals surface area (Å²) in [6, 6.07) is 7.91. The van der Waals surface area contributed by atoms with Gasteiger partial charge in [0.25, 0.3) is 5.91 Å². The summed E-state index contributed by atoms with van der Waals surface area (Å²) in [4.78, 5) is 14.5. The molecule has 3 nitrogen and oxygen atoms in total. The summed E-state index contributed by atoms with van der Waals surface area (Å²) in [6.07, 6.45) is 5.69. The maximum absolute atomic E-state index is 12.5. The van der Waals surface area contributed by atoms with Crippen molar-refractivity contribution in [3.8, 4) is 0 Å². The van der Waals surface area contributed by atoms with Gasteiger partial charge in [0, 0.05) is 18.7 Å². The van der Waals surface area contributed by atoms with Crippen LogP contribution < -0.4 is 5.73 Å². The zero-order valence-corrected chi connectivity index (χ0v) is 12.5. The average molecular weight is 274 g/mol. The summed E-state index contributed by atoms with van der Waals surface area (Å²) in [5, 5.41) is 0. The lowest BCUT2D eigenvalue weighted by atomic mass is 9.92. The molecule has 1 aliphatic rings. The second-order valence-corrected chi connectivity index (χ2v) is 5.76. The zero-order valence-electron chi connectivity index (χ0n) is 12.5. The van der Waals surface area contributed by atoms with E-state index in [9.17, 15) is 4.79 Å². The number of carbonyl (C=O) groups is 1.